The number of hydrogen-bond acceptors (Lipinski definition) is 12. The van der Waals surface area contributed by atoms with Crippen LogP contribution in [0, 0.1) is 0 Å². The predicted octanol–water partition coefficient (Wildman–Crippen LogP) is 3.10. The lowest BCUT2D eigenvalue weighted by Gasteiger charge is -2.43. The maximum Gasteiger partial charge on any atom is 0.472 e. The molecule has 2 bridgehead atoms. The maximum atomic E-state index is 11.1. The van der Waals surface area contributed by atoms with Gasteiger partial charge in [0.1, 0.15) is 11.9 Å². The van der Waals surface area contributed by atoms with E-state index in [1.165, 1.54) is 0 Å². The molecule has 0 unspecified atom stereocenters. The fourth-order valence-corrected chi connectivity index (χ4v) is 7.17. The van der Waals surface area contributed by atoms with E-state index in [0.29, 0.717) is 34.8 Å². The van der Waals surface area contributed by atoms with Gasteiger partial charge in [-0.25, -0.2) is 14.1 Å². The van der Waals surface area contributed by atoms with E-state index in [4.69, 9.17) is 29.7 Å². The summed E-state index contributed by atoms with van der Waals surface area (Å²) in [5, 5.41) is 11.9. The first-order chi connectivity index (χ1) is 22.3. The molecule has 3 saturated heterocycles. The van der Waals surface area contributed by atoms with E-state index in [2.05, 4.69) is 47.0 Å². The second-order valence-corrected chi connectivity index (χ2v) is 13.6. The number of fused-ring (bicyclic) bond motifs is 2. The van der Waals surface area contributed by atoms with Crippen LogP contribution in [-0.4, -0.2) is 88.3 Å². The second-order valence-electron chi connectivity index (χ2n) is 12.3. The van der Waals surface area contributed by atoms with Crippen LogP contribution in [-0.2, 0) is 13.8 Å². The molecule has 1 aliphatic carbocycles. The highest BCUT2D eigenvalue weighted by Crippen LogP contribution is 2.41. The van der Waals surface area contributed by atoms with E-state index >= 15 is 0 Å². The first kappa shape index (κ1) is 31.1. The number of piperazine rings is 1. The van der Waals surface area contributed by atoms with Gasteiger partial charge in [-0.1, -0.05) is 12.1 Å². The number of piperidine rings is 1. The van der Waals surface area contributed by atoms with Crippen LogP contribution in [0.1, 0.15) is 38.5 Å². The highest BCUT2D eigenvalue weighted by molar-refractivity contribution is 7.46. The van der Waals surface area contributed by atoms with Crippen LogP contribution in [0.4, 0.5) is 17.2 Å². The zero-order valence-electron chi connectivity index (χ0n) is 25.5. The number of benzene rings is 1. The number of para-hydroxylation sites is 1. The Hall–Kier alpha value is -3.52. The molecule has 246 valence electrons. The van der Waals surface area contributed by atoms with E-state index in [9.17, 15) is 4.57 Å². The molecular weight excluding hydrogens is 613 g/mol. The molecule has 5 N–H and O–H groups in total. The van der Waals surface area contributed by atoms with Crippen LogP contribution >= 0.6 is 7.82 Å². The summed E-state index contributed by atoms with van der Waals surface area (Å²) in [6.07, 6.45) is 8.68. The third-order valence-corrected chi connectivity index (χ3v) is 9.69. The number of phosphoric ester groups is 1. The molecule has 15 heteroatoms. The number of nitrogens with zero attached hydrogens (tertiary/aromatic N) is 5. The lowest BCUT2D eigenvalue weighted by Crippen LogP contribution is -2.54. The fraction of sp³-hybridized carbons (Fsp3) is 0.516. The van der Waals surface area contributed by atoms with E-state index < -0.39 is 14.6 Å². The Balaban J connectivity index is 1.000. The lowest BCUT2D eigenvalue weighted by atomic mass is 9.91. The summed E-state index contributed by atoms with van der Waals surface area (Å²) in [7, 11) is -4.67. The van der Waals surface area contributed by atoms with Crippen molar-refractivity contribution in [2.75, 3.05) is 48.5 Å². The smallest absolute Gasteiger partial charge is 0.472 e. The maximum absolute atomic E-state index is 11.1. The first-order valence-corrected chi connectivity index (χ1v) is 17.4. The highest BCUT2D eigenvalue weighted by atomic mass is 31.2. The van der Waals surface area contributed by atoms with Crippen LogP contribution in [0.3, 0.4) is 0 Å². The molecular formula is C31H40N7O7P. The van der Waals surface area contributed by atoms with Crippen LogP contribution in [0.25, 0.3) is 11.3 Å². The molecule has 0 amide bonds. The molecule has 4 fully saturated rings. The van der Waals surface area contributed by atoms with Crippen molar-refractivity contribution in [2.45, 2.75) is 68.9 Å². The molecule has 2 atom stereocenters. The molecule has 7 rings (SSSR count). The standard InChI is InChI=1S/C31H40N7O7P/c32-31-28(16-27(35-36-31)26-3-1-2-4-29(26)42-19-43-46(39,40)41)37-17-21-5-6-22(18-37)38(21)20-7-12-34-30(13-20)45-25-14-24(15-25)44-23-8-10-33-11-9-23/h1-4,7,12-13,16,21-25,33H,5-6,8-11,14-15,17-19H2,(H2,32,36)(H2,39,40,41)/t21-,22-,24?,25?/m1/s1. The van der Waals surface area contributed by atoms with Crippen molar-refractivity contribution in [2.24, 2.45) is 0 Å². The Morgan fingerprint density at radius 1 is 0.957 bits per heavy atom. The van der Waals surface area contributed by atoms with Gasteiger partial charge < -0.3 is 44.8 Å². The summed E-state index contributed by atoms with van der Waals surface area (Å²) in [6, 6.07) is 13.6. The minimum atomic E-state index is -4.67. The average Bonchev–Trinajstić information content (AvgIpc) is 3.29. The number of nitrogen functional groups attached to an aromatic ring is 1. The molecule has 5 heterocycles. The number of pyridine rings is 1. The number of aromatic nitrogens is 3. The van der Waals surface area contributed by atoms with Crippen molar-refractivity contribution in [3.8, 4) is 22.9 Å². The van der Waals surface area contributed by atoms with Gasteiger partial charge in [0.2, 0.25) is 5.88 Å². The van der Waals surface area contributed by atoms with Crippen molar-refractivity contribution in [3.63, 3.8) is 0 Å². The third kappa shape index (κ3) is 7.07. The number of hydrogen-bond donors (Lipinski definition) is 4. The van der Waals surface area contributed by atoms with Gasteiger partial charge in [-0.05, 0) is 63.0 Å². The first-order valence-electron chi connectivity index (χ1n) is 15.9. The second kappa shape index (κ2) is 13.3. The molecule has 3 aliphatic heterocycles. The Morgan fingerprint density at radius 3 is 2.48 bits per heavy atom. The van der Waals surface area contributed by atoms with Crippen molar-refractivity contribution >= 4 is 25.0 Å². The summed E-state index contributed by atoms with van der Waals surface area (Å²) in [5.74, 6) is 1.35. The van der Waals surface area contributed by atoms with E-state index in [0.717, 1.165) is 76.1 Å². The largest absolute Gasteiger partial charge is 0.474 e. The number of nitrogens with one attached hydrogen (secondary N) is 1. The molecule has 14 nitrogen and oxygen atoms in total. The molecule has 1 aromatic carbocycles. The molecule has 2 aromatic heterocycles. The number of anilines is 3. The van der Waals surface area contributed by atoms with E-state index in [-0.39, 0.29) is 24.3 Å². The Morgan fingerprint density at radius 2 is 1.72 bits per heavy atom. The van der Waals surface area contributed by atoms with Crippen LogP contribution in [0.2, 0.25) is 0 Å². The van der Waals surface area contributed by atoms with Gasteiger partial charge in [0, 0.05) is 61.5 Å². The van der Waals surface area contributed by atoms with Gasteiger partial charge in [-0.15, -0.1) is 10.2 Å². The Bertz CT molecular complexity index is 1550. The van der Waals surface area contributed by atoms with Crippen molar-refractivity contribution < 1.29 is 33.1 Å². The zero-order valence-corrected chi connectivity index (χ0v) is 26.4. The summed E-state index contributed by atoms with van der Waals surface area (Å²) in [4.78, 5) is 27.3. The van der Waals surface area contributed by atoms with Crippen molar-refractivity contribution in [3.05, 3.63) is 48.7 Å². The normalized spacial score (nSPS) is 24.9. The highest BCUT2D eigenvalue weighted by Gasteiger charge is 2.41. The average molecular weight is 654 g/mol. The minimum Gasteiger partial charge on any atom is -0.474 e. The fourth-order valence-electron chi connectivity index (χ4n) is 6.98. The number of phosphoric acid groups is 1. The third-order valence-electron chi connectivity index (χ3n) is 9.25. The molecule has 0 spiro atoms. The molecule has 1 saturated carbocycles. The number of nitrogens with two attached hydrogens (primary N) is 1. The van der Waals surface area contributed by atoms with Crippen LogP contribution in [0.5, 0.6) is 11.6 Å². The molecule has 3 aromatic rings. The van der Waals surface area contributed by atoms with Crippen LogP contribution < -0.4 is 30.3 Å². The minimum absolute atomic E-state index is 0.133. The van der Waals surface area contributed by atoms with Crippen molar-refractivity contribution in [1.29, 1.82) is 0 Å². The summed E-state index contributed by atoms with van der Waals surface area (Å²) >= 11 is 0. The van der Waals surface area contributed by atoms with Crippen LogP contribution in [0.15, 0.2) is 48.7 Å². The van der Waals surface area contributed by atoms with Gasteiger partial charge in [0.25, 0.3) is 0 Å². The van der Waals surface area contributed by atoms with Gasteiger partial charge in [0.15, 0.2) is 12.6 Å². The summed E-state index contributed by atoms with van der Waals surface area (Å²) in [6.45, 7) is 2.97. The quantitative estimate of drug-likeness (QED) is 0.175. The zero-order chi connectivity index (χ0) is 31.7. The van der Waals surface area contributed by atoms with Crippen molar-refractivity contribution in [1.82, 2.24) is 20.5 Å². The predicted molar refractivity (Wildman–Crippen MR) is 171 cm³/mol. The summed E-state index contributed by atoms with van der Waals surface area (Å²) < 4.78 is 33.6. The van der Waals surface area contributed by atoms with Gasteiger partial charge in [0.05, 0.1) is 23.6 Å². The van der Waals surface area contributed by atoms with Gasteiger partial charge in [-0.2, -0.15) is 0 Å². The number of rotatable bonds is 11. The topological polar surface area (TPSA) is 178 Å². The van der Waals surface area contributed by atoms with E-state index in [1.807, 2.05) is 18.3 Å². The van der Waals surface area contributed by atoms with Gasteiger partial charge >= 0.3 is 7.82 Å². The van der Waals surface area contributed by atoms with Gasteiger partial charge in [-0.3, -0.25) is 0 Å². The monoisotopic (exact) mass is 653 g/mol. The van der Waals surface area contributed by atoms with E-state index in [1.54, 1.807) is 18.2 Å². The summed E-state index contributed by atoms with van der Waals surface area (Å²) in [5.41, 5.74) is 9.40. The molecule has 0 radical (unpaired) electrons. The Labute approximate surface area is 267 Å². The molecule has 46 heavy (non-hydrogen) atoms. The lowest BCUT2D eigenvalue weighted by molar-refractivity contribution is -0.103. The number of ether oxygens (including phenoxy) is 3. The Kier molecular flexibility index (Phi) is 8.99. The molecule has 4 aliphatic rings. The SMILES string of the molecule is Nc1nnc(-c2ccccc2OCOP(=O)(O)O)cc1N1C[C@H]2CC[C@H](C1)N2c1ccnc(OC2CC(OC3CCNCC3)C2)c1.